The smallest absolute Gasteiger partial charge is 0.408 e. The zero-order valence-electron chi connectivity index (χ0n) is 20.5. The monoisotopic (exact) mass is 461 g/mol. The maximum atomic E-state index is 13.4. The summed E-state index contributed by atoms with van der Waals surface area (Å²) in [5.41, 5.74) is 1.64. The number of aryl methyl sites for hydroxylation is 2. The van der Waals surface area contributed by atoms with Crippen LogP contribution in [0.2, 0.25) is 0 Å². The van der Waals surface area contributed by atoms with Gasteiger partial charge in [-0.1, -0.05) is 35.4 Å². The molecular weight excluding hydrogens is 426 g/mol. The molecule has 0 aliphatic carbocycles. The second kappa shape index (κ2) is 12.0. The van der Waals surface area contributed by atoms with Crippen molar-refractivity contribution in [3.05, 3.63) is 47.5 Å². The van der Waals surface area contributed by atoms with E-state index in [1.54, 1.807) is 32.9 Å². The van der Waals surface area contributed by atoms with Gasteiger partial charge in [-0.15, -0.1) is 6.58 Å². The Bertz CT molecular complexity index is 870. The number of amides is 3. The highest BCUT2D eigenvalue weighted by atomic mass is 16.6. The normalized spacial score (nSPS) is 12.7. The van der Waals surface area contributed by atoms with Crippen molar-refractivity contribution in [2.24, 2.45) is 0 Å². The van der Waals surface area contributed by atoms with Gasteiger partial charge in [0.2, 0.25) is 11.8 Å². The van der Waals surface area contributed by atoms with Gasteiger partial charge in [0, 0.05) is 6.54 Å². The molecule has 2 N–H and O–H groups in total. The summed E-state index contributed by atoms with van der Waals surface area (Å²) >= 11 is 0. The van der Waals surface area contributed by atoms with E-state index in [-0.39, 0.29) is 13.1 Å². The molecule has 0 saturated carbocycles. The van der Waals surface area contributed by atoms with Crippen molar-refractivity contribution < 1.29 is 28.7 Å². The number of ether oxygens (including phenoxy) is 2. The summed E-state index contributed by atoms with van der Waals surface area (Å²) in [5, 5.41) is 5.03. The van der Waals surface area contributed by atoms with Gasteiger partial charge in [0.15, 0.2) is 0 Å². The number of nitrogens with zero attached hydrogens (tertiary/aromatic N) is 1. The van der Waals surface area contributed by atoms with Gasteiger partial charge < -0.3 is 25.0 Å². The number of benzene rings is 1. The predicted molar refractivity (Wildman–Crippen MR) is 124 cm³/mol. The summed E-state index contributed by atoms with van der Waals surface area (Å²) < 4.78 is 9.82. The third-order valence-corrected chi connectivity index (χ3v) is 4.47. The van der Waals surface area contributed by atoms with Gasteiger partial charge in [-0.2, -0.15) is 0 Å². The van der Waals surface area contributed by atoms with Gasteiger partial charge in [-0.25, -0.2) is 4.79 Å². The second-order valence-electron chi connectivity index (χ2n) is 8.76. The van der Waals surface area contributed by atoms with E-state index in [2.05, 4.69) is 21.9 Å². The van der Waals surface area contributed by atoms with Crippen LogP contribution in [0.15, 0.2) is 30.9 Å². The maximum Gasteiger partial charge on any atom is 0.408 e. The first-order valence-electron chi connectivity index (χ1n) is 10.6. The lowest BCUT2D eigenvalue weighted by Crippen LogP contribution is -2.52. The van der Waals surface area contributed by atoms with Crippen LogP contribution in [0.25, 0.3) is 0 Å². The fourth-order valence-electron chi connectivity index (χ4n) is 3.23. The van der Waals surface area contributed by atoms with Crippen LogP contribution < -0.4 is 10.6 Å². The number of rotatable bonds is 9. The van der Waals surface area contributed by atoms with E-state index in [9.17, 15) is 19.2 Å². The molecule has 2 atom stereocenters. The number of alkyl carbamates (subject to hydrolysis) is 1. The number of nitrogens with one attached hydrogen (secondary N) is 2. The minimum absolute atomic E-state index is 0.0302. The van der Waals surface area contributed by atoms with Crippen molar-refractivity contribution in [2.75, 3.05) is 20.2 Å². The predicted octanol–water partition coefficient (Wildman–Crippen LogP) is 2.56. The molecule has 0 aromatic heterocycles. The summed E-state index contributed by atoms with van der Waals surface area (Å²) in [6.45, 7) is 13.8. The average molecular weight is 462 g/mol. The lowest BCUT2D eigenvalue weighted by atomic mass is 9.98. The molecule has 1 rings (SSSR count). The summed E-state index contributed by atoms with van der Waals surface area (Å²) in [6.07, 6.45) is 0.737. The lowest BCUT2D eigenvalue weighted by Gasteiger charge is -2.33. The van der Waals surface area contributed by atoms with Gasteiger partial charge in [0.1, 0.15) is 24.2 Å². The fourth-order valence-corrected chi connectivity index (χ4v) is 3.23. The van der Waals surface area contributed by atoms with E-state index in [0.29, 0.717) is 5.56 Å². The Hall–Kier alpha value is -3.36. The van der Waals surface area contributed by atoms with E-state index in [1.165, 1.54) is 25.0 Å². The molecule has 182 valence electrons. The van der Waals surface area contributed by atoms with E-state index in [4.69, 9.17) is 4.74 Å². The van der Waals surface area contributed by atoms with Gasteiger partial charge in [-0.05, 0) is 47.1 Å². The zero-order valence-corrected chi connectivity index (χ0v) is 20.5. The minimum Gasteiger partial charge on any atom is -0.468 e. The number of hydrogen-bond acceptors (Lipinski definition) is 6. The molecule has 1 aromatic carbocycles. The average Bonchev–Trinajstić information content (AvgIpc) is 2.68. The van der Waals surface area contributed by atoms with Crippen molar-refractivity contribution in [1.82, 2.24) is 15.5 Å². The highest BCUT2D eigenvalue weighted by molar-refractivity contribution is 5.93. The molecule has 0 bridgehead atoms. The molecule has 3 amide bonds. The van der Waals surface area contributed by atoms with Crippen LogP contribution in [-0.2, 0) is 23.9 Å². The molecule has 0 aliphatic rings. The molecule has 9 nitrogen and oxygen atoms in total. The van der Waals surface area contributed by atoms with Crippen molar-refractivity contribution in [2.45, 2.75) is 59.2 Å². The Morgan fingerprint density at radius 2 is 1.70 bits per heavy atom. The molecule has 0 heterocycles. The Morgan fingerprint density at radius 1 is 1.12 bits per heavy atom. The molecule has 9 heteroatoms. The van der Waals surface area contributed by atoms with Crippen molar-refractivity contribution >= 4 is 23.9 Å². The third-order valence-electron chi connectivity index (χ3n) is 4.47. The van der Waals surface area contributed by atoms with Gasteiger partial charge in [0.05, 0.1) is 7.11 Å². The molecular formula is C24H35N3O6. The van der Waals surface area contributed by atoms with Crippen molar-refractivity contribution in [1.29, 1.82) is 0 Å². The minimum atomic E-state index is -1.07. The largest absolute Gasteiger partial charge is 0.468 e. The number of methoxy groups -OCH3 is 1. The first kappa shape index (κ1) is 27.7. The van der Waals surface area contributed by atoms with E-state index in [1.807, 2.05) is 19.9 Å². The summed E-state index contributed by atoms with van der Waals surface area (Å²) in [7, 11) is 1.22. The number of carbonyl (C=O) groups excluding carboxylic acids is 4. The van der Waals surface area contributed by atoms with Crippen LogP contribution in [0.1, 0.15) is 50.4 Å². The lowest BCUT2D eigenvalue weighted by molar-refractivity contribution is -0.144. The van der Waals surface area contributed by atoms with Gasteiger partial charge >= 0.3 is 12.1 Å². The van der Waals surface area contributed by atoms with Crippen LogP contribution in [0.4, 0.5) is 4.79 Å². The SMILES string of the molecule is C=CCN(C(=O)C(C)NC(=O)OC(C)(C)C)C(C(=O)NCC(=O)OC)c1cc(C)cc(C)c1. The van der Waals surface area contributed by atoms with E-state index < -0.39 is 41.6 Å². The second-order valence-corrected chi connectivity index (χ2v) is 8.76. The molecule has 33 heavy (non-hydrogen) atoms. The Balaban J connectivity index is 3.31. The number of carbonyl (C=O) groups is 4. The first-order chi connectivity index (χ1) is 15.3. The van der Waals surface area contributed by atoms with Gasteiger partial charge in [0.25, 0.3) is 0 Å². The molecule has 0 radical (unpaired) electrons. The maximum absolute atomic E-state index is 13.4. The quantitative estimate of drug-likeness (QED) is 0.432. The fraction of sp³-hybridized carbons (Fsp3) is 0.500. The Labute approximate surface area is 195 Å². The van der Waals surface area contributed by atoms with Crippen LogP contribution in [0.5, 0.6) is 0 Å². The first-order valence-corrected chi connectivity index (χ1v) is 10.6. The summed E-state index contributed by atoms with van der Waals surface area (Å²) in [4.78, 5) is 51.6. The number of esters is 1. The molecule has 2 unspecified atom stereocenters. The van der Waals surface area contributed by atoms with E-state index >= 15 is 0 Å². The third kappa shape index (κ3) is 8.96. The highest BCUT2D eigenvalue weighted by Gasteiger charge is 2.34. The topological polar surface area (TPSA) is 114 Å². The van der Waals surface area contributed by atoms with Crippen molar-refractivity contribution in [3.8, 4) is 0 Å². The zero-order chi connectivity index (χ0) is 25.3. The summed E-state index contributed by atoms with van der Waals surface area (Å²) in [6, 6.07) is 3.48. The van der Waals surface area contributed by atoms with Crippen LogP contribution in [0, 0.1) is 13.8 Å². The Kier molecular flexibility index (Phi) is 10.1. The molecule has 0 saturated heterocycles. The molecule has 0 fully saturated rings. The number of hydrogen-bond donors (Lipinski definition) is 2. The van der Waals surface area contributed by atoms with Crippen LogP contribution >= 0.6 is 0 Å². The molecule has 1 aromatic rings. The van der Waals surface area contributed by atoms with Crippen LogP contribution in [-0.4, -0.2) is 60.6 Å². The van der Waals surface area contributed by atoms with Crippen molar-refractivity contribution in [3.63, 3.8) is 0 Å². The standard InChI is InChI=1S/C24H35N3O6/c1-9-10-27(22(30)17(4)26-23(31)33-24(5,6)7)20(21(29)25-14-19(28)32-8)18-12-15(2)11-16(3)13-18/h9,11-13,17,20H,1,10,14H2,2-8H3,(H,25,29)(H,26,31). The molecule has 0 aliphatic heterocycles. The Morgan fingerprint density at radius 3 is 2.18 bits per heavy atom. The van der Waals surface area contributed by atoms with Gasteiger partial charge in [-0.3, -0.25) is 14.4 Å². The van der Waals surface area contributed by atoms with E-state index in [0.717, 1.165) is 11.1 Å². The highest BCUT2D eigenvalue weighted by Crippen LogP contribution is 2.25. The van der Waals surface area contributed by atoms with Crippen LogP contribution in [0.3, 0.4) is 0 Å². The summed E-state index contributed by atoms with van der Waals surface area (Å²) in [5.74, 6) is -1.70. The molecule has 0 spiro atoms.